The number of carbonyl (C=O) groups is 3. The number of ether oxygens (including phenoxy) is 1. The number of aromatic amines is 1. The van der Waals surface area contributed by atoms with Crippen LogP contribution in [0.4, 0.5) is 5.69 Å². The van der Waals surface area contributed by atoms with Crippen molar-refractivity contribution in [1.82, 2.24) is 15.5 Å². The molecule has 0 fully saturated rings. The summed E-state index contributed by atoms with van der Waals surface area (Å²) in [5, 5.41) is 12.9. The van der Waals surface area contributed by atoms with Gasteiger partial charge in [-0.15, -0.1) is 0 Å². The summed E-state index contributed by atoms with van der Waals surface area (Å²) in [6.45, 7) is 5.44. The van der Waals surface area contributed by atoms with Crippen LogP contribution in [-0.2, 0) is 14.3 Å². The van der Waals surface area contributed by atoms with Crippen molar-refractivity contribution < 1.29 is 19.1 Å². The number of aryl methyl sites for hydroxylation is 2. The molecule has 0 aliphatic carbocycles. The highest BCUT2D eigenvalue weighted by Gasteiger charge is 2.19. The quantitative estimate of drug-likeness (QED) is 0.520. The third-order valence-electron chi connectivity index (χ3n) is 4.62. The minimum absolute atomic E-state index is 0.0602. The van der Waals surface area contributed by atoms with Crippen LogP contribution in [0.1, 0.15) is 35.0 Å². The summed E-state index contributed by atoms with van der Waals surface area (Å²) >= 11 is 0. The summed E-state index contributed by atoms with van der Waals surface area (Å²) in [5.41, 5.74) is 3.71. The van der Waals surface area contributed by atoms with E-state index in [9.17, 15) is 14.4 Å². The SMILES string of the molecule is Cc1ccc(NC(=O)C(C)OC(=O)CCNC(=O)c2n[nH]c3ccccc23)c(C)c1. The van der Waals surface area contributed by atoms with Crippen LogP contribution in [0.25, 0.3) is 10.9 Å². The molecule has 2 amide bonds. The molecule has 1 atom stereocenters. The maximum absolute atomic E-state index is 12.3. The van der Waals surface area contributed by atoms with E-state index in [1.807, 2.05) is 50.2 Å². The highest BCUT2D eigenvalue weighted by Crippen LogP contribution is 2.17. The standard InChI is InChI=1S/C22H24N4O4/c1-13-8-9-17(14(2)12-13)24-21(28)15(3)30-19(27)10-11-23-22(29)20-16-6-4-5-7-18(16)25-26-20/h4-9,12,15H,10-11H2,1-3H3,(H,23,29)(H,24,28)(H,25,26). The first kappa shape index (κ1) is 21.0. The number of para-hydroxylation sites is 1. The molecule has 156 valence electrons. The largest absolute Gasteiger partial charge is 0.452 e. The fraction of sp³-hybridized carbons (Fsp3) is 0.273. The highest BCUT2D eigenvalue weighted by atomic mass is 16.5. The predicted octanol–water partition coefficient (Wildman–Crippen LogP) is 2.87. The molecule has 2 aromatic carbocycles. The Morgan fingerprint density at radius 1 is 1.13 bits per heavy atom. The Morgan fingerprint density at radius 3 is 2.67 bits per heavy atom. The van der Waals surface area contributed by atoms with Gasteiger partial charge in [-0.2, -0.15) is 5.10 Å². The zero-order valence-corrected chi connectivity index (χ0v) is 17.1. The third kappa shape index (κ3) is 5.02. The number of rotatable bonds is 7. The third-order valence-corrected chi connectivity index (χ3v) is 4.62. The normalized spacial score (nSPS) is 11.7. The lowest BCUT2D eigenvalue weighted by atomic mass is 10.1. The number of carbonyl (C=O) groups excluding carboxylic acids is 3. The molecule has 1 aromatic heterocycles. The Hall–Kier alpha value is -3.68. The molecule has 0 aliphatic heterocycles. The van der Waals surface area contributed by atoms with Crippen molar-refractivity contribution in [2.24, 2.45) is 0 Å². The lowest BCUT2D eigenvalue weighted by Gasteiger charge is -2.15. The van der Waals surface area contributed by atoms with E-state index in [4.69, 9.17) is 4.74 Å². The number of hydrogen-bond donors (Lipinski definition) is 3. The van der Waals surface area contributed by atoms with E-state index in [1.54, 1.807) is 6.07 Å². The number of H-pyrrole nitrogens is 1. The number of anilines is 1. The van der Waals surface area contributed by atoms with Gasteiger partial charge in [-0.1, -0.05) is 35.9 Å². The van der Waals surface area contributed by atoms with E-state index >= 15 is 0 Å². The number of esters is 1. The van der Waals surface area contributed by atoms with Gasteiger partial charge >= 0.3 is 5.97 Å². The van der Waals surface area contributed by atoms with E-state index in [1.165, 1.54) is 6.92 Å². The average Bonchev–Trinajstić information content (AvgIpc) is 3.14. The lowest BCUT2D eigenvalue weighted by molar-refractivity contribution is -0.153. The van der Waals surface area contributed by atoms with E-state index in [0.29, 0.717) is 11.1 Å². The van der Waals surface area contributed by atoms with Crippen LogP contribution in [0.3, 0.4) is 0 Å². The molecule has 8 heteroatoms. The van der Waals surface area contributed by atoms with Crippen molar-refractivity contribution in [2.45, 2.75) is 33.3 Å². The van der Waals surface area contributed by atoms with Crippen LogP contribution >= 0.6 is 0 Å². The summed E-state index contributed by atoms with van der Waals surface area (Å²) in [6.07, 6.45) is -1.01. The molecule has 1 heterocycles. The summed E-state index contributed by atoms with van der Waals surface area (Å²) in [4.78, 5) is 36.6. The van der Waals surface area contributed by atoms with Crippen molar-refractivity contribution >= 4 is 34.4 Å². The van der Waals surface area contributed by atoms with Crippen LogP contribution in [-0.4, -0.2) is 40.6 Å². The average molecular weight is 408 g/mol. The minimum atomic E-state index is -0.954. The molecular formula is C22H24N4O4. The second kappa shape index (κ2) is 9.21. The molecular weight excluding hydrogens is 384 g/mol. The zero-order valence-electron chi connectivity index (χ0n) is 17.1. The molecule has 3 aromatic rings. The molecule has 3 rings (SSSR count). The topological polar surface area (TPSA) is 113 Å². The number of fused-ring (bicyclic) bond motifs is 1. The van der Waals surface area contributed by atoms with Gasteiger partial charge in [-0.3, -0.25) is 19.5 Å². The summed E-state index contributed by atoms with van der Waals surface area (Å²) in [7, 11) is 0. The van der Waals surface area contributed by atoms with Crippen LogP contribution in [0.15, 0.2) is 42.5 Å². The van der Waals surface area contributed by atoms with Crippen molar-refractivity contribution in [3.05, 3.63) is 59.3 Å². The Bertz CT molecular complexity index is 1090. The van der Waals surface area contributed by atoms with Crippen molar-refractivity contribution in [1.29, 1.82) is 0 Å². The lowest BCUT2D eigenvalue weighted by Crippen LogP contribution is -2.32. The fourth-order valence-electron chi connectivity index (χ4n) is 3.00. The molecule has 0 saturated heterocycles. The van der Waals surface area contributed by atoms with Crippen LogP contribution in [0, 0.1) is 13.8 Å². The monoisotopic (exact) mass is 408 g/mol. The van der Waals surface area contributed by atoms with Crippen LogP contribution in [0.5, 0.6) is 0 Å². The first-order chi connectivity index (χ1) is 14.3. The Balaban J connectivity index is 1.45. The number of aromatic nitrogens is 2. The molecule has 0 aliphatic rings. The molecule has 0 radical (unpaired) electrons. The number of amides is 2. The first-order valence-electron chi connectivity index (χ1n) is 9.64. The summed E-state index contributed by atoms with van der Waals surface area (Å²) < 4.78 is 5.17. The van der Waals surface area contributed by atoms with Gasteiger partial charge in [0.1, 0.15) is 0 Å². The van der Waals surface area contributed by atoms with Crippen LogP contribution < -0.4 is 10.6 Å². The van der Waals surface area contributed by atoms with Gasteiger partial charge in [0.25, 0.3) is 11.8 Å². The Morgan fingerprint density at radius 2 is 1.90 bits per heavy atom. The maximum Gasteiger partial charge on any atom is 0.308 e. The molecule has 30 heavy (non-hydrogen) atoms. The maximum atomic E-state index is 12.3. The smallest absolute Gasteiger partial charge is 0.308 e. The fourth-order valence-corrected chi connectivity index (χ4v) is 3.00. The number of hydrogen-bond acceptors (Lipinski definition) is 5. The van der Waals surface area contributed by atoms with Crippen molar-refractivity contribution in [2.75, 3.05) is 11.9 Å². The van der Waals surface area contributed by atoms with Crippen molar-refractivity contribution in [3.8, 4) is 0 Å². The highest BCUT2D eigenvalue weighted by molar-refractivity contribution is 6.04. The van der Waals surface area contributed by atoms with Gasteiger partial charge < -0.3 is 15.4 Å². The second-order valence-corrected chi connectivity index (χ2v) is 7.06. The molecule has 3 N–H and O–H groups in total. The predicted molar refractivity (Wildman–Crippen MR) is 113 cm³/mol. The Labute approximate surface area is 174 Å². The first-order valence-corrected chi connectivity index (χ1v) is 9.64. The minimum Gasteiger partial charge on any atom is -0.452 e. The van der Waals surface area contributed by atoms with Gasteiger partial charge in [-0.25, -0.2) is 0 Å². The summed E-state index contributed by atoms with van der Waals surface area (Å²) in [6, 6.07) is 12.9. The van der Waals surface area contributed by atoms with Gasteiger partial charge in [0, 0.05) is 17.6 Å². The van der Waals surface area contributed by atoms with E-state index in [2.05, 4.69) is 20.8 Å². The Kier molecular flexibility index (Phi) is 6.46. The summed E-state index contributed by atoms with van der Waals surface area (Å²) in [5.74, 6) is -1.38. The van der Waals surface area contributed by atoms with Crippen LogP contribution in [0.2, 0.25) is 0 Å². The number of nitrogens with one attached hydrogen (secondary N) is 3. The second-order valence-electron chi connectivity index (χ2n) is 7.06. The van der Waals surface area contributed by atoms with Gasteiger partial charge in [0.2, 0.25) is 0 Å². The molecule has 0 bridgehead atoms. The van der Waals surface area contributed by atoms with E-state index < -0.39 is 18.0 Å². The van der Waals surface area contributed by atoms with Crippen molar-refractivity contribution in [3.63, 3.8) is 0 Å². The number of benzene rings is 2. The van der Waals surface area contributed by atoms with E-state index in [0.717, 1.165) is 16.6 Å². The molecule has 1 unspecified atom stereocenters. The zero-order chi connectivity index (χ0) is 21.7. The molecule has 8 nitrogen and oxygen atoms in total. The van der Waals surface area contributed by atoms with Gasteiger partial charge in [-0.05, 0) is 38.5 Å². The molecule has 0 spiro atoms. The van der Waals surface area contributed by atoms with Gasteiger partial charge in [0.05, 0.1) is 11.9 Å². The van der Waals surface area contributed by atoms with E-state index in [-0.39, 0.29) is 24.6 Å². The number of nitrogens with zero attached hydrogens (tertiary/aromatic N) is 1. The molecule has 0 saturated carbocycles. The van der Waals surface area contributed by atoms with Gasteiger partial charge in [0.15, 0.2) is 11.8 Å².